The number of aliphatic hydroxyl groups is 1. The van der Waals surface area contributed by atoms with Gasteiger partial charge in [0.1, 0.15) is 5.82 Å². The number of carbonyl (C=O) groups is 2. The zero-order valence-corrected chi connectivity index (χ0v) is 11.9. The third kappa shape index (κ3) is 4.26. The molecule has 2 rings (SSSR count). The van der Waals surface area contributed by atoms with Crippen LogP contribution in [0.2, 0.25) is 0 Å². The molecule has 2 amide bonds. The number of hydrogen-bond donors (Lipinski definition) is 3. The van der Waals surface area contributed by atoms with Gasteiger partial charge in [0.25, 0.3) is 0 Å². The zero-order valence-electron chi connectivity index (χ0n) is 11.9. The van der Waals surface area contributed by atoms with Gasteiger partial charge in [0.15, 0.2) is 0 Å². The van der Waals surface area contributed by atoms with Gasteiger partial charge in [-0.15, -0.1) is 0 Å². The second-order valence-electron chi connectivity index (χ2n) is 5.34. The van der Waals surface area contributed by atoms with E-state index in [0.717, 1.165) is 12.8 Å². The lowest BCUT2D eigenvalue weighted by atomic mass is 10.1. The molecule has 0 radical (unpaired) electrons. The molecule has 0 heterocycles. The average molecular weight is 294 g/mol. The molecule has 1 aliphatic rings. The Hall–Kier alpha value is -1.95. The van der Waals surface area contributed by atoms with Gasteiger partial charge < -0.3 is 15.7 Å². The molecule has 0 saturated heterocycles. The van der Waals surface area contributed by atoms with Gasteiger partial charge in [-0.3, -0.25) is 9.59 Å². The number of aliphatic hydroxyl groups excluding tert-OH is 1. The van der Waals surface area contributed by atoms with Crippen molar-refractivity contribution >= 4 is 17.5 Å². The number of amides is 2. The minimum absolute atomic E-state index is 0.0356. The molecule has 0 aliphatic heterocycles. The van der Waals surface area contributed by atoms with E-state index in [2.05, 4.69) is 10.6 Å². The highest BCUT2D eigenvalue weighted by Crippen LogP contribution is 2.33. The van der Waals surface area contributed by atoms with Gasteiger partial charge in [-0.1, -0.05) is 6.07 Å². The van der Waals surface area contributed by atoms with Crippen molar-refractivity contribution in [1.82, 2.24) is 5.32 Å². The van der Waals surface area contributed by atoms with E-state index in [1.54, 1.807) is 6.92 Å². The first-order valence-corrected chi connectivity index (χ1v) is 7.00. The Bertz CT molecular complexity index is 544. The monoisotopic (exact) mass is 294 g/mol. The molecule has 0 bridgehead atoms. The molecule has 1 fully saturated rings. The summed E-state index contributed by atoms with van der Waals surface area (Å²) in [5.74, 6) is -1.73. The van der Waals surface area contributed by atoms with Crippen LogP contribution in [0.1, 0.15) is 24.8 Å². The third-order valence-electron chi connectivity index (χ3n) is 3.60. The molecule has 3 N–H and O–H groups in total. The van der Waals surface area contributed by atoms with Gasteiger partial charge in [0.05, 0.1) is 0 Å². The lowest BCUT2D eigenvalue weighted by Crippen LogP contribution is -2.43. The van der Waals surface area contributed by atoms with Crippen LogP contribution in [0.15, 0.2) is 18.2 Å². The Balaban J connectivity index is 1.95. The fourth-order valence-corrected chi connectivity index (χ4v) is 2.21. The molecular weight excluding hydrogens is 275 g/mol. The van der Waals surface area contributed by atoms with Crippen LogP contribution < -0.4 is 10.6 Å². The Morgan fingerprint density at radius 3 is 2.71 bits per heavy atom. The molecule has 1 aromatic rings. The fourth-order valence-electron chi connectivity index (χ4n) is 2.21. The Labute approximate surface area is 122 Å². The smallest absolute Gasteiger partial charge is 0.313 e. The molecule has 21 heavy (non-hydrogen) atoms. The normalized spacial score (nSPS) is 15.4. The molecule has 0 aromatic heterocycles. The number of hydrogen-bond acceptors (Lipinski definition) is 3. The quantitative estimate of drug-likeness (QED) is 0.717. The van der Waals surface area contributed by atoms with Gasteiger partial charge in [0.2, 0.25) is 0 Å². The maximum absolute atomic E-state index is 13.1. The van der Waals surface area contributed by atoms with E-state index in [4.69, 9.17) is 5.11 Å². The summed E-state index contributed by atoms with van der Waals surface area (Å²) in [5, 5.41) is 14.0. The summed E-state index contributed by atoms with van der Waals surface area (Å²) in [6, 6.07) is 3.81. The highest BCUT2D eigenvalue weighted by Gasteiger charge is 2.33. The summed E-state index contributed by atoms with van der Waals surface area (Å²) in [5.41, 5.74) is 0.951. The molecule has 5 nitrogen and oxygen atoms in total. The highest BCUT2D eigenvalue weighted by molar-refractivity contribution is 6.39. The summed E-state index contributed by atoms with van der Waals surface area (Å²) in [4.78, 5) is 23.7. The van der Waals surface area contributed by atoms with Crippen molar-refractivity contribution in [3.8, 4) is 0 Å². The van der Waals surface area contributed by atoms with Crippen LogP contribution in [-0.4, -0.2) is 29.6 Å². The van der Waals surface area contributed by atoms with Crippen LogP contribution in [0.5, 0.6) is 0 Å². The Morgan fingerprint density at radius 1 is 1.38 bits per heavy atom. The average Bonchev–Trinajstić information content (AvgIpc) is 3.26. The van der Waals surface area contributed by atoms with Crippen LogP contribution in [0.3, 0.4) is 0 Å². The summed E-state index contributed by atoms with van der Waals surface area (Å²) >= 11 is 0. The first kappa shape index (κ1) is 15.4. The van der Waals surface area contributed by atoms with E-state index < -0.39 is 17.6 Å². The number of rotatable bonds is 5. The van der Waals surface area contributed by atoms with Gasteiger partial charge >= 0.3 is 11.8 Å². The topological polar surface area (TPSA) is 78.4 Å². The van der Waals surface area contributed by atoms with E-state index in [-0.39, 0.29) is 18.3 Å². The standard InChI is InChI=1S/C15H19FN2O3/c1-9-2-5-11(16)8-13(9)18-15(21)14(20)17-12(6-7-19)10-3-4-10/h2,5,8,10,12,19H,3-4,6-7H2,1H3,(H,17,20)(H,18,21). The van der Waals surface area contributed by atoms with E-state index in [0.29, 0.717) is 17.9 Å². The molecule has 114 valence electrons. The minimum Gasteiger partial charge on any atom is -0.396 e. The highest BCUT2D eigenvalue weighted by atomic mass is 19.1. The van der Waals surface area contributed by atoms with E-state index in [1.807, 2.05) is 0 Å². The molecule has 1 aliphatic carbocycles. The maximum Gasteiger partial charge on any atom is 0.313 e. The van der Waals surface area contributed by atoms with Crippen molar-refractivity contribution in [2.75, 3.05) is 11.9 Å². The van der Waals surface area contributed by atoms with Crippen molar-refractivity contribution in [1.29, 1.82) is 0 Å². The molecule has 1 atom stereocenters. The molecular formula is C15H19FN2O3. The number of benzene rings is 1. The molecule has 0 spiro atoms. The van der Waals surface area contributed by atoms with Crippen molar-refractivity contribution in [3.63, 3.8) is 0 Å². The lowest BCUT2D eigenvalue weighted by Gasteiger charge is -2.17. The molecule has 1 saturated carbocycles. The Morgan fingerprint density at radius 2 is 2.10 bits per heavy atom. The zero-order chi connectivity index (χ0) is 15.4. The lowest BCUT2D eigenvalue weighted by molar-refractivity contribution is -0.136. The van der Waals surface area contributed by atoms with E-state index >= 15 is 0 Å². The first-order chi connectivity index (χ1) is 10.0. The number of anilines is 1. The van der Waals surface area contributed by atoms with Gasteiger partial charge in [-0.2, -0.15) is 0 Å². The molecule has 6 heteroatoms. The van der Waals surface area contributed by atoms with Crippen molar-refractivity contribution < 1.29 is 19.1 Å². The summed E-state index contributed by atoms with van der Waals surface area (Å²) in [6.45, 7) is 1.68. The van der Waals surface area contributed by atoms with Gasteiger partial charge in [-0.25, -0.2) is 4.39 Å². The van der Waals surface area contributed by atoms with Crippen molar-refractivity contribution in [2.45, 2.75) is 32.2 Å². The number of carbonyl (C=O) groups excluding carboxylic acids is 2. The van der Waals surface area contributed by atoms with E-state index in [1.165, 1.54) is 18.2 Å². The second kappa shape index (κ2) is 6.67. The third-order valence-corrected chi connectivity index (χ3v) is 3.60. The summed E-state index contributed by atoms with van der Waals surface area (Å²) in [6.07, 6.45) is 2.42. The first-order valence-electron chi connectivity index (χ1n) is 7.00. The number of aryl methyl sites for hydroxylation is 1. The summed E-state index contributed by atoms with van der Waals surface area (Å²) < 4.78 is 13.1. The van der Waals surface area contributed by atoms with Crippen LogP contribution in [0.4, 0.5) is 10.1 Å². The molecule has 1 aromatic carbocycles. The number of halogens is 1. The maximum atomic E-state index is 13.1. The van der Waals surface area contributed by atoms with Crippen molar-refractivity contribution in [3.05, 3.63) is 29.6 Å². The molecule has 1 unspecified atom stereocenters. The SMILES string of the molecule is Cc1ccc(F)cc1NC(=O)C(=O)NC(CCO)C1CC1. The fraction of sp³-hybridized carbons (Fsp3) is 0.467. The largest absolute Gasteiger partial charge is 0.396 e. The minimum atomic E-state index is -0.827. The van der Waals surface area contributed by atoms with Gasteiger partial charge in [0, 0.05) is 18.3 Å². The van der Waals surface area contributed by atoms with Crippen LogP contribution >= 0.6 is 0 Å². The van der Waals surface area contributed by atoms with E-state index in [9.17, 15) is 14.0 Å². The summed E-state index contributed by atoms with van der Waals surface area (Å²) in [7, 11) is 0. The van der Waals surface area contributed by atoms with Crippen LogP contribution in [0.25, 0.3) is 0 Å². The van der Waals surface area contributed by atoms with Crippen LogP contribution in [0, 0.1) is 18.7 Å². The predicted molar refractivity (Wildman–Crippen MR) is 76.1 cm³/mol. The Kier molecular flexibility index (Phi) is 4.90. The van der Waals surface area contributed by atoms with Gasteiger partial charge in [-0.05, 0) is 49.8 Å². The van der Waals surface area contributed by atoms with Crippen LogP contribution in [-0.2, 0) is 9.59 Å². The second-order valence-corrected chi connectivity index (χ2v) is 5.34. The number of nitrogens with one attached hydrogen (secondary N) is 2. The van der Waals surface area contributed by atoms with Crippen molar-refractivity contribution in [2.24, 2.45) is 5.92 Å². The predicted octanol–water partition coefficient (Wildman–Crippen LogP) is 1.35.